The average Bonchev–Trinajstić information content (AvgIpc) is 3.70. The fourth-order valence-electron chi connectivity index (χ4n) is 12.1. The average molecular weight is 721 g/mol. The van der Waals surface area contributed by atoms with Gasteiger partial charge < -0.3 is 29.3 Å². The summed E-state index contributed by atoms with van der Waals surface area (Å²) < 4.78 is 17.6. The summed E-state index contributed by atoms with van der Waals surface area (Å²) in [5.41, 5.74) is 7.83. The Bertz CT molecular complexity index is 2150. The van der Waals surface area contributed by atoms with E-state index in [9.17, 15) is 14.7 Å². The third-order valence-corrected chi connectivity index (χ3v) is 14.2. The van der Waals surface area contributed by atoms with Crippen LogP contribution in [0.1, 0.15) is 67.1 Å². The van der Waals surface area contributed by atoms with Gasteiger partial charge in [0.1, 0.15) is 11.2 Å². The van der Waals surface area contributed by atoms with E-state index >= 15 is 0 Å². The lowest BCUT2D eigenvalue weighted by atomic mass is 9.56. The van der Waals surface area contributed by atoms with Crippen molar-refractivity contribution in [2.24, 2.45) is 23.7 Å². The first-order valence-electron chi connectivity index (χ1n) is 19.4. The van der Waals surface area contributed by atoms with E-state index in [1.54, 1.807) is 7.11 Å². The molecule has 0 radical (unpaired) electrons. The van der Waals surface area contributed by atoms with Gasteiger partial charge in [-0.2, -0.15) is 0 Å². The van der Waals surface area contributed by atoms with Gasteiger partial charge in [-0.15, -0.1) is 0 Å². The number of methoxy groups -OCH3 is 3. The zero-order valence-corrected chi connectivity index (χ0v) is 31.7. The summed E-state index contributed by atoms with van der Waals surface area (Å²) in [4.78, 5) is 41.0. The first-order valence-corrected chi connectivity index (χ1v) is 19.4. The van der Waals surface area contributed by atoms with Crippen molar-refractivity contribution in [3.8, 4) is 5.75 Å². The van der Waals surface area contributed by atoms with Gasteiger partial charge in [0, 0.05) is 76.8 Å². The molecule has 4 aliphatic heterocycles. The number of rotatable bonds is 5. The van der Waals surface area contributed by atoms with E-state index in [0.717, 1.165) is 77.2 Å². The number of ether oxygens (including phenoxy) is 3. The number of likely N-dealkylation sites (tertiary alicyclic amines) is 1. The molecule has 6 heterocycles. The van der Waals surface area contributed by atoms with Crippen LogP contribution in [-0.4, -0.2) is 103 Å². The molecule has 4 aromatic rings. The number of fused-ring (bicyclic) bond motifs is 9. The molecule has 10 atom stereocenters. The number of carbonyl (C=O) groups excluding carboxylic acids is 2. The minimum absolute atomic E-state index is 0.0271. The summed E-state index contributed by atoms with van der Waals surface area (Å²) in [6.07, 6.45) is 5.39. The summed E-state index contributed by atoms with van der Waals surface area (Å²) in [6, 6.07) is 12.5. The molecule has 2 aromatic carbocycles. The number of benzene rings is 2. The molecule has 2 aromatic heterocycles. The molecular formula is C43H52N4O6. The molecule has 53 heavy (non-hydrogen) atoms. The number of nitrogens with zero attached hydrogens (tertiary/aromatic N) is 2. The highest BCUT2D eigenvalue weighted by Crippen LogP contribution is 2.57. The van der Waals surface area contributed by atoms with E-state index in [-0.39, 0.29) is 53.6 Å². The molecule has 1 saturated carbocycles. The Hall–Kier alpha value is -4.12. The van der Waals surface area contributed by atoms with E-state index in [1.165, 1.54) is 30.7 Å². The van der Waals surface area contributed by atoms with Crippen LogP contribution in [0.25, 0.3) is 21.8 Å². The summed E-state index contributed by atoms with van der Waals surface area (Å²) >= 11 is 0. The number of para-hydroxylation sites is 1. The van der Waals surface area contributed by atoms with Crippen molar-refractivity contribution in [2.45, 2.75) is 75.5 Å². The van der Waals surface area contributed by atoms with Crippen LogP contribution in [-0.2, 0) is 37.3 Å². The Morgan fingerprint density at radius 1 is 1.04 bits per heavy atom. The number of aromatic nitrogens is 2. The Labute approximate surface area is 310 Å². The van der Waals surface area contributed by atoms with Crippen molar-refractivity contribution in [1.82, 2.24) is 19.8 Å². The number of piperidine rings is 3. The van der Waals surface area contributed by atoms with Gasteiger partial charge in [0.15, 0.2) is 0 Å². The fraction of sp³-hybridized carbons (Fsp3) is 0.535. The lowest BCUT2D eigenvalue weighted by Crippen LogP contribution is -2.68. The van der Waals surface area contributed by atoms with Crippen LogP contribution in [0.2, 0.25) is 0 Å². The predicted molar refractivity (Wildman–Crippen MR) is 203 cm³/mol. The largest absolute Gasteiger partial charge is 0.496 e. The van der Waals surface area contributed by atoms with Crippen LogP contribution in [0.3, 0.4) is 0 Å². The molecule has 0 amide bonds. The summed E-state index contributed by atoms with van der Waals surface area (Å²) in [5.74, 6) is 0.0283. The maximum atomic E-state index is 14.4. The summed E-state index contributed by atoms with van der Waals surface area (Å²) in [5, 5.41) is 13.4. The van der Waals surface area contributed by atoms with Gasteiger partial charge in [-0.1, -0.05) is 29.8 Å². The number of aromatic amines is 2. The number of hydrogen-bond acceptors (Lipinski definition) is 8. The second-order valence-electron chi connectivity index (χ2n) is 16.5. The zero-order chi connectivity index (χ0) is 36.9. The number of aliphatic hydroxyl groups is 1. The molecule has 0 spiro atoms. The molecule has 10 unspecified atom stereocenters. The second-order valence-corrected chi connectivity index (χ2v) is 16.5. The number of likely N-dealkylation sites (N-methyl/N-ethyl adjacent to an activating group) is 1. The molecule has 10 heteroatoms. The van der Waals surface area contributed by atoms with E-state index in [0.29, 0.717) is 19.3 Å². The van der Waals surface area contributed by atoms with E-state index in [2.05, 4.69) is 76.2 Å². The number of allylic oxidation sites excluding steroid dienone is 1. The maximum Gasteiger partial charge on any atom is 0.319 e. The highest BCUT2D eigenvalue weighted by atomic mass is 16.5. The normalized spacial score (nSPS) is 33.5. The van der Waals surface area contributed by atoms with Gasteiger partial charge in [0.2, 0.25) is 0 Å². The fourth-order valence-corrected chi connectivity index (χ4v) is 12.1. The van der Waals surface area contributed by atoms with E-state index < -0.39 is 11.5 Å². The Morgan fingerprint density at radius 3 is 2.58 bits per heavy atom. The standard InChI is InChI=1S/C43H52N4O6/c1-7-24-21-46(3)33-18-30-25-10-8-9-11-32(25)44-37(30)31(17-29(24)35(33)41(49)52-5)36-34(51-4)13-12-26-27-14-15-47-20-23-16-28(22(2)48)40(47)43(19-23,42(50)53-6)39(27)45-38(26)36/h7-13,22-23,28-29,31,33,35,40,44-45,48H,14-21H2,1-6H3. The molecule has 3 N–H and O–H groups in total. The van der Waals surface area contributed by atoms with Crippen LogP contribution < -0.4 is 4.74 Å². The SMILES string of the molecule is CC=C1CN(C)C2Cc3c([nH]c4ccccc34)C(c3c(OC)ccc4c5c([nH]c34)C3(C(=O)OC)CC4CC(C(C)O)C3N(CC5)C4)CC1C2C(=O)OC. The smallest absolute Gasteiger partial charge is 0.319 e. The summed E-state index contributed by atoms with van der Waals surface area (Å²) in [7, 11) is 6.87. The number of carbonyl (C=O) groups is 2. The number of nitrogens with one attached hydrogen (secondary N) is 2. The molecule has 3 saturated heterocycles. The Balaban J connectivity index is 1.32. The number of aliphatic hydroxyl groups excluding tert-OH is 1. The van der Waals surface area contributed by atoms with Crippen molar-refractivity contribution in [2.75, 3.05) is 48.0 Å². The van der Waals surface area contributed by atoms with Crippen LogP contribution in [0, 0.1) is 23.7 Å². The maximum absolute atomic E-state index is 14.4. The minimum atomic E-state index is -0.935. The van der Waals surface area contributed by atoms with Gasteiger partial charge in [0.05, 0.1) is 38.9 Å². The van der Waals surface area contributed by atoms with Gasteiger partial charge >= 0.3 is 11.9 Å². The van der Waals surface area contributed by atoms with Gasteiger partial charge in [-0.3, -0.25) is 19.4 Å². The predicted octanol–water partition coefficient (Wildman–Crippen LogP) is 5.46. The zero-order valence-electron chi connectivity index (χ0n) is 31.7. The third-order valence-electron chi connectivity index (χ3n) is 14.2. The Kier molecular flexibility index (Phi) is 8.33. The van der Waals surface area contributed by atoms with Crippen molar-refractivity contribution >= 4 is 33.7 Å². The van der Waals surface area contributed by atoms with E-state index in [4.69, 9.17) is 14.2 Å². The van der Waals surface area contributed by atoms with Gasteiger partial charge in [-0.25, -0.2) is 0 Å². The first-order chi connectivity index (χ1) is 25.6. The molecule has 4 fully saturated rings. The second kappa shape index (κ2) is 12.7. The molecule has 10 nitrogen and oxygen atoms in total. The van der Waals surface area contributed by atoms with Crippen LogP contribution >= 0.6 is 0 Å². The number of H-pyrrole nitrogens is 2. The molecular weight excluding hydrogens is 668 g/mol. The van der Waals surface area contributed by atoms with Gasteiger partial charge in [-0.05, 0) is 94.2 Å². The van der Waals surface area contributed by atoms with Crippen LogP contribution in [0.15, 0.2) is 48.0 Å². The molecule has 6 bridgehead atoms. The molecule has 2 aliphatic carbocycles. The third kappa shape index (κ3) is 4.87. The minimum Gasteiger partial charge on any atom is -0.496 e. The molecule has 6 aliphatic rings. The summed E-state index contributed by atoms with van der Waals surface area (Å²) in [6.45, 7) is 6.48. The van der Waals surface area contributed by atoms with Crippen molar-refractivity contribution in [1.29, 1.82) is 0 Å². The van der Waals surface area contributed by atoms with Crippen molar-refractivity contribution in [3.63, 3.8) is 0 Å². The van der Waals surface area contributed by atoms with Crippen LogP contribution in [0.4, 0.5) is 0 Å². The highest BCUT2D eigenvalue weighted by Gasteiger charge is 2.64. The lowest BCUT2D eigenvalue weighted by molar-refractivity contribution is -0.166. The van der Waals surface area contributed by atoms with Crippen molar-refractivity contribution in [3.05, 3.63) is 76.1 Å². The first kappa shape index (κ1) is 34.6. The quantitative estimate of drug-likeness (QED) is 0.184. The topological polar surface area (TPSA) is 120 Å². The van der Waals surface area contributed by atoms with Gasteiger partial charge in [0.25, 0.3) is 0 Å². The van der Waals surface area contributed by atoms with E-state index in [1.807, 2.05) is 6.92 Å². The number of hydrogen-bond donors (Lipinski definition) is 3. The lowest BCUT2D eigenvalue weighted by Gasteiger charge is -2.58. The van der Waals surface area contributed by atoms with Crippen LogP contribution in [0.5, 0.6) is 5.75 Å². The monoisotopic (exact) mass is 720 g/mol. The number of esters is 2. The van der Waals surface area contributed by atoms with Crippen molar-refractivity contribution < 1.29 is 28.9 Å². The molecule has 280 valence electrons. The molecule has 10 rings (SSSR count). The Morgan fingerprint density at radius 2 is 1.85 bits per heavy atom. The highest BCUT2D eigenvalue weighted by molar-refractivity contribution is 5.95.